The molecule has 0 aliphatic carbocycles. The molecule has 0 saturated carbocycles. The van der Waals surface area contributed by atoms with Gasteiger partial charge in [-0.05, 0) is 26.0 Å². The van der Waals surface area contributed by atoms with Gasteiger partial charge in [-0.15, -0.1) is 0 Å². The molecule has 1 heterocycles. The fourth-order valence-electron chi connectivity index (χ4n) is 2.39. The minimum atomic E-state index is -3.53. The second-order valence-electron chi connectivity index (χ2n) is 7.70. The van der Waals surface area contributed by atoms with Gasteiger partial charge in [0.25, 0.3) is 0 Å². The van der Waals surface area contributed by atoms with Crippen LogP contribution in [0.15, 0.2) is 44.8 Å². The van der Waals surface area contributed by atoms with Crippen LogP contribution in [-0.2, 0) is 22.0 Å². The Morgan fingerprint density at radius 1 is 1.14 bits per heavy atom. The molecule has 2 aromatic rings. The van der Waals surface area contributed by atoms with E-state index in [0.717, 1.165) is 11.3 Å². The molecule has 0 fully saturated rings. The van der Waals surface area contributed by atoms with Crippen LogP contribution in [0.25, 0.3) is 0 Å². The highest BCUT2D eigenvalue weighted by Crippen LogP contribution is 2.22. The highest BCUT2D eigenvalue weighted by atomic mass is 32.2. The van der Waals surface area contributed by atoms with Crippen LogP contribution in [0.4, 0.5) is 0 Å². The van der Waals surface area contributed by atoms with E-state index in [1.807, 2.05) is 13.8 Å². The van der Waals surface area contributed by atoms with Crippen LogP contribution in [-0.4, -0.2) is 39.0 Å². The monoisotopic (exact) mass is 421 g/mol. The van der Waals surface area contributed by atoms with Crippen molar-refractivity contribution >= 4 is 16.0 Å². The van der Waals surface area contributed by atoms with Crippen LogP contribution < -0.4 is 15.4 Å². The first-order chi connectivity index (χ1) is 13.6. The number of nitrogens with zero attached hydrogens (tertiary/aromatic N) is 2. The Morgan fingerprint density at radius 3 is 2.41 bits per heavy atom. The first-order valence-electron chi connectivity index (χ1n) is 9.65. The van der Waals surface area contributed by atoms with Crippen molar-refractivity contribution in [2.75, 3.05) is 19.6 Å². The minimum Gasteiger partial charge on any atom is -0.443 e. The van der Waals surface area contributed by atoms with Gasteiger partial charge in [-0.25, -0.2) is 23.1 Å². The Hall–Kier alpha value is -2.39. The number of hydrogen-bond acceptors (Lipinski definition) is 5. The van der Waals surface area contributed by atoms with Gasteiger partial charge in [-0.1, -0.05) is 38.5 Å². The fourth-order valence-corrected chi connectivity index (χ4v) is 3.42. The number of aromatic nitrogens is 1. The lowest BCUT2D eigenvalue weighted by atomic mass is 9.94. The van der Waals surface area contributed by atoms with Crippen LogP contribution in [0, 0.1) is 6.92 Å². The summed E-state index contributed by atoms with van der Waals surface area (Å²) in [5.41, 5.74) is 0.907. The van der Waals surface area contributed by atoms with Crippen LogP contribution >= 0.6 is 0 Å². The molecule has 0 saturated heterocycles. The van der Waals surface area contributed by atoms with E-state index in [1.54, 1.807) is 30.5 Å². The van der Waals surface area contributed by atoms with Crippen molar-refractivity contribution in [1.29, 1.82) is 0 Å². The van der Waals surface area contributed by atoms with Gasteiger partial charge in [0.1, 0.15) is 12.3 Å². The summed E-state index contributed by atoms with van der Waals surface area (Å²) in [5.74, 6) is 1.91. The van der Waals surface area contributed by atoms with E-state index >= 15 is 0 Å². The smallest absolute Gasteiger partial charge is 0.240 e. The van der Waals surface area contributed by atoms with Gasteiger partial charge in [0.15, 0.2) is 5.96 Å². The normalized spacial score (nSPS) is 12.8. The number of hydrogen-bond donors (Lipinski definition) is 3. The lowest BCUT2D eigenvalue weighted by Crippen LogP contribution is -2.41. The zero-order valence-corrected chi connectivity index (χ0v) is 18.6. The van der Waals surface area contributed by atoms with Gasteiger partial charge in [-0.3, -0.25) is 0 Å². The first kappa shape index (κ1) is 22.9. The molecular formula is C20H31N5O3S. The Kier molecular flexibility index (Phi) is 7.80. The number of guanidine groups is 1. The third-order valence-corrected chi connectivity index (χ3v) is 5.53. The predicted octanol–water partition coefficient (Wildman–Crippen LogP) is 2.31. The molecule has 1 aromatic heterocycles. The van der Waals surface area contributed by atoms with E-state index in [9.17, 15) is 8.42 Å². The van der Waals surface area contributed by atoms with Crippen molar-refractivity contribution in [1.82, 2.24) is 20.3 Å². The second kappa shape index (κ2) is 9.89. The van der Waals surface area contributed by atoms with Crippen molar-refractivity contribution < 1.29 is 12.8 Å². The zero-order valence-electron chi connectivity index (χ0n) is 17.7. The van der Waals surface area contributed by atoms with E-state index < -0.39 is 10.0 Å². The molecule has 9 heteroatoms. The number of oxazole rings is 1. The summed E-state index contributed by atoms with van der Waals surface area (Å²) in [4.78, 5) is 8.96. The molecule has 0 aliphatic rings. The molecule has 0 amide bonds. The lowest BCUT2D eigenvalue weighted by molar-refractivity contribution is 0.383. The number of aryl methyl sites for hydroxylation is 1. The molecular weight excluding hydrogens is 390 g/mol. The van der Waals surface area contributed by atoms with E-state index in [2.05, 4.69) is 46.1 Å². The minimum absolute atomic E-state index is 0.105. The van der Waals surface area contributed by atoms with Crippen molar-refractivity contribution in [3.63, 3.8) is 0 Å². The summed E-state index contributed by atoms with van der Waals surface area (Å²) in [5, 5.41) is 6.22. The molecule has 0 bridgehead atoms. The van der Waals surface area contributed by atoms with Crippen LogP contribution in [0.5, 0.6) is 0 Å². The molecule has 2 rings (SSSR count). The average molecular weight is 422 g/mol. The van der Waals surface area contributed by atoms with Crippen LogP contribution in [0.1, 0.15) is 44.9 Å². The molecule has 1 aromatic carbocycles. The molecule has 29 heavy (non-hydrogen) atoms. The Balaban J connectivity index is 1.88. The van der Waals surface area contributed by atoms with Crippen LogP contribution in [0.3, 0.4) is 0 Å². The van der Waals surface area contributed by atoms with E-state index in [1.165, 1.54) is 0 Å². The molecule has 0 atom stereocenters. The van der Waals surface area contributed by atoms with Gasteiger partial charge < -0.3 is 15.1 Å². The summed E-state index contributed by atoms with van der Waals surface area (Å²) < 4.78 is 32.9. The molecule has 8 nitrogen and oxygen atoms in total. The number of aliphatic imine (C=N–C) groups is 1. The summed E-state index contributed by atoms with van der Waals surface area (Å²) in [6.45, 7) is 11.6. The van der Waals surface area contributed by atoms with Crippen molar-refractivity contribution in [2.24, 2.45) is 4.99 Å². The molecule has 0 spiro atoms. The van der Waals surface area contributed by atoms with E-state index in [4.69, 9.17) is 4.42 Å². The molecule has 3 N–H and O–H groups in total. The highest BCUT2D eigenvalue weighted by molar-refractivity contribution is 7.89. The quantitative estimate of drug-likeness (QED) is 0.343. The Morgan fingerprint density at radius 2 is 1.83 bits per heavy atom. The SMILES string of the molecule is CCNC(=NCc1ncc(C(C)(C)C)o1)NCCNS(=O)(=O)c1ccc(C)cc1. The second-order valence-corrected chi connectivity index (χ2v) is 9.47. The molecule has 0 radical (unpaired) electrons. The average Bonchev–Trinajstić information content (AvgIpc) is 3.13. The van der Waals surface area contributed by atoms with Crippen molar-refractivity contribution in [2.45, 2.75) is 51.5 Å². The molecule has 160 valence electrons. The van der Waals surface area contributed by atoms with Gasteiger partial charge in [-0.2, -0.15) is 0 Å². The van der Waals surface area contributed by atoms with Crippen molar-refractivity contribution in [3.8, 4) is 0 Å². The number of nitrogens with one attached hydrogen (secondary N) is 3. The summed E-state index contributed by atoms with van der Waals surface area (Å²) >= 11 is 0. The number of benzene rings is 1. The maximum absolute atomic E-state index is 12.3. The maximum Gasteiger partial charge on any atom is 0.240 e. The summed E-state index contributed by atoms with van der Waals surface area (Å²) in [7, 11) is -3.53. The first-order valence-corrected chi connectivity index (χ1v) is 11.1. The Labute approximate surface area is 173 Å². The van der Waals surface area contributed by atoms with Crippen molar-refractivity contribution in [3.05, 3.63) is 47.7 Å². The third-order valence-electron chi connectivity index (χ3n) is 4.05. The standard InChI is InChI=1S/C20H31N5O3S/c1-6-21-19(24-14-18-23-13-17(28-18)20(3,4)5)22-11-12-25-29(26,27)16-9-7-15(2)8-10-16/h7-10,13,25H,6,11-12,14H2,1-5H3,(H2,21,22,24). The third kappa shape index (κ3) is 7.17. The maximum atomic E-state index is 12.3. The van der Waals surface area contributed by atoms with E-state index in [0.29, 0.717) is 31.5 Å². The van der Waals surface area contributed by atoms with Gasteiger partial charge >= 0.3 is 0 Å². The summed E-state index contributed by atoms with van der Waals surface area (Å²) in [6.07, 6.45) is 1.73. The Bertz CT molecular complexity index is 912. The highest BCUT2D eigenvalue weighted by Gasteiger charge is 2.19. The lowest BCUT2D eigenvalue weighted by Gasteiger charge is -2.13. The number of rotatable bonds is 8. The number of sulfonamides is 1. The summed E-state index contributed by atoms with van der Waals surface area (Å²) in [6, 6.07) is 6.74. The molecule has 0 aliphatic heterocycles. The van der Waals surface area contributed by atoms with E-state index in [-0.39, 0.29) is 16.9 Å². The van der Waals surface area contributed by atoms with Gasteiger partial charge in [0.2, 0.25) is 15.9 Å². The van der Waals surface area contributed by atoms with Gasteiger partial charge in [0.05, 0.1) is 11.1 Å². The van der Waals surface area contributed by atoms with Crippen LogP contribution in [0.2, 0.25) is 0 Å². The molecule has 0 unspecified atom stereocenters. The topological polar surface area (TPSA) is 109 Å². The van der Waals surface area contributed by atoms with Gasteiger partial charge in [0, 0.05) is 25.0 Å². The predicted molar refractivity (Wildman–Crippen MR) is 114 cm³/mol. The zero-order chi connectivity index (χ0) is 21.5. The fraction of sp³-hybridized carbons (Fsp3) is 0.500. The largest absolute Gasteiger partial charge is 0.443 e.